The number of nitrogens with two attached hydrogens (primary N) is 1. The van der Waals surface area contributed by atoms with E-state index >= 15 is 0 Å². The van der Waals surface area contributed by atoms with E-state index in [2.05, 4.69) is 36.4 Å². The van der Waals surface area contributed by atoms with Gasteiger partial charge < -0.3 is 5.73 Å². The van der Waals surface area contributed by atoms with Crippen LogP contribution in [0.3, 0.4) is 0 Å². The average Bonchev–Trinajstić information content (AvgIpc) is 2.92. The zero-order valence-electron chi connectivity index (χ0n) is 10.3. The third-order valence-corrected chi connectivity index (χ3v) is 4.62. The van der Waals surface area contributed by atoms with Crippen molar-refractivity contribution in [3.63, 3.8) is 0 Å². The Morgan fingerprint density at radius 1 is 1.56 bits per heavy atom. The minimum absolute atomic E-state index is 0.172. The summed E-state index contributed by atoms with van der Waals surface area (Å²) < 4.78 is 0. The molecule has 1 heterocycles. The van der Waals surface area contributed by atoms with E-state index in [1.807, 2.05) is 11.3 Å². The molecule has 1 aromatic heterocycles. The molecule has 1 fully saturated rings. The third-order valence-electron chi connectivity index (χ3n) is 3.76. The second-order valence-corrected chi connectivity index (χ2v) is 6.32. The molecule has 0 aliphatic heterocycles. The second-order valence-electron chi connectivity index (χ2n) is 5.28. The summed E-state index contributed by atoms with van der Waals surface area (Å²) in [5.74, 6) is 0.930. The van der Waals surface area contributed by atoms with Crippen LogP contribution >= 0.6 is 11.3 Å². The van der Waals surface area contributed by atoms with Gasteiger partial charge in [0, 0.05) is 23.5 Å². The van der Waals surface area contributed by atoms with Gasteiger partial charge in [0.2, 0.25) is 0 Å². The molecule has 2 nitrogen and oxygen atoms in total. The molecule has 0 aromatic carbocycles. The van der Waals surface area contributed by atoms with Gasteiger partial charge in [-0.1, -0.05) is 18.9 Å². The van der Waals surface area contributed by atoms with Gasteiger partial charge in [-0.15, -0.1) is 11.3 Å². The van der Waals surface area contributed by atoms with Crippen LogP contribution in [0.2, 0.25) is 0 Å². The molecule has 2 rings (SSSR count). The van der Waals surface area contributed by atoms with Gasteiger partial charge in [-0.25, -0.2) is 0 Å². The minimum atomic E-state index is 0.172. The van der Waals surface area contributed by atoms with E-state index in [0.29, 0.717) is 0 Å². The first-order valence-corrected chi connectivity index (χ1v) is 6.96. The molecule has 1 atom stereocenters. The molecule has 1 unspecified atom stereocenters. The molecule has 16 heavy (non-hydrogen) atoms. The zero-order valence-corrected chi connectivity index (χ0v) is 11.1. The van der Waals surface area contributed by atoms with Gasteiger partial charge in [-0.2, -0.15) is 0 Å². The number of hydrogen-bond acceptors (Lipinski definition) is 3. The van der Waals surface area contributed by atoms with Crippen LogP contribution < -0.4 is 5.73 Å². The predicted octanol–water partition coefficient (Wildman–Crippen LogP) is 2.70. The van der Waals surface area contributed by atoms with E-state index in [0.717, 1.165) is 19.0 Å². The highest BCUT2D eigenvalue weighted by atomic mass is 32.1. The van der Waals surface area contributed by atoms with Crippen LogP contribution in [0, 0.1) is 5.92 Å². The fourth-order valence-corrected chi connectivity index (χ4v) is 2.92. The van der Waals surface area contributed by atoms with Crippen molar-refractivity contribution in [2.24, 2.45) is 11.7 Å². The Balaban J connectivity index is 1.96. The van der Waals surface area contributed by atoms with Crippen molar-refractivity contribution in [1.29, 1.82) is 0 Å². The summed E-state index contributed by atoms with van der Waals surface area (Å²) in [6.07, 6.45) is 4.07. The van der Waals surface area contributed by atoms with Crippen LogP contribution in [0.15, 0.2) is 17.5 Å². The van der Waals surface area contributed by atoms with Crippen molar-refractivity contribution in [3.8, 4) is 0 Å². The molecule has 3 heteroatoms. The number of nitrogens with zero attached hydrogens (tertiary/aromatic N) is 1. The summed E-state index contributed by atoms with van der Waals surface area (Å²) in [7, 11) is 2.20. The van der Waals surface area contributed by atoms with Gasteiger partial charge in [0.05, 0.1) is 0 Å². The number of likely N-dealkylation sites (N-methyl/N-ethyl adjacent to an activating group) is 1. The molecule has 0 amide bonds. The Kier molecular flexibility index (Phi) is 3.67. The molecule has 0 spiro atoms. The molecule has 2 N–H and O–H groups in total. The minimum Gasteiger partial charge on any atom is -0.329 e. The van der Waals surface area contributed by atoms with Gasteiger partial charge in [-0.3, -0.25) is 4.90 Å². The SMILES string of the molecule is CN(Cc1cccs1)C(C)(CN)CC1CC1. The first kappa shape index (κ1) is 12.1. The fourth-order valence-electron chi connectivity index (χ4n) is 2.17. The molecule has 0 bridgehead atoms. The van der Waals surface area contributed by atoms with E-state index in [9.17, 15) is 0 Å². The summed E-state index contributed by atoms with van der Waals surface area (Å²) in [6.45, 7) is 4.09. The Morgan fingerprint density at radius 2 is 2.31 bits per heavy atom. The normalized spacial score (nSPS) is 20.0. The fraction of sp³-hybridized carbons (Fsp3) is 0.692. The van der Waals surface area contributed by atoms with E-state index in [4.69, 9.17) is 5.73 Å². The highest BCUT2D eigenvalue weighted by Gasteiger charge is 2.35. The van der Waals surface area contributed by atoms with Crippen LogP contribution in [0.5, 0.6) is 0 Å². The summed E-state index contributed by atoms with van der Waals surface area (Å²) in [5.41, 5.74) is 6.15. The van der Waals surface area contributed by atoms with Crippen LogP contribution in [0.25, 0.3) is 0 Å². The maximum absolute atomic E-state index is 5.97. The van der Waals surface area contributed by atoms with E-state index < -0.39 is 0 Å². The molecule has 0 radical (unpaired) electrons. The first-order valence-electron chi connectivity index (χ1n) is 6.08. The molecule has 0 saturated heterocycles. The lowest BCUT2D eigenvalue weighted by molar-refractivity contribution is 0.121. The number of hydrogen-bond donors (Lipinski definition) is 1. The van der Waals surface area contributed by atoms with Crippen LogP contribution in [-0.2, 0) is 6.54 Å². The summed E-state index contributed by atoms with van der Waals surface area (Å²) in [6, 6.07) is 4.32. The largest absolute Gasteiger partial charge is 0.329 e. The lowest BCUT2D eigenvalue weighted by Gasteiger charge is -2.38. The van der Waals surface area contributed by atoms with Crippen molar-refractivity contribution in [2.75, 3.05) is 13.6 Å². The van der Waals surface area contributed by atoms with Crippen molar-refractivity contribution in [3.05, 3.63) is 22.4 Å². The van der Waals surface area contributed by atoms with Gasteiger partial charge >= 0.3 is 0 Å². The standard InChI is InChI=1S/C13H22N2S/c1-13(10-14,8-11-5-6-11)15(2)9-12-4-3-7-16-12/h3-4,7,11H,5-6,8-10,14H2,1-2H3. The van der Waals surface area contributed by atoms with Gasteiger partial charge in [0.1, 0.15) is 0 Å². The first-order chi connectivity index (χ1) is 7.64. The Morgan fingerprint density at radius 3 is 2.81 bits per heavy atom. The van der Waals surface area contributed by atoms with Crippen LogP contribution in [0.4, 0.5) is 0 Å². The average molecular weight is 238 g/mol. The Hall–Kier alpha value is -0.380. The van der Waals surface area contributed by atoms with Crippen LogP contribution in [0.1, 0.15) is 31.1 Å². The lowest BCUT2D eigenvalue weighted by Crippen LogP contribution is -2.49. The third kappa shape index (κ3) is 2.84. The van der Waals surface area contributed by atoms with E-state index in [1.165, 1.54) is 24.1 Å². The zero-order chi connectivity index (χ0) is 11.6. The van der Waals surface area contributed by atoms with Crippen LogP contribution in [-0.4, -0.2) is 24.0 Å². The quantitative estimate of drug-likeness (QED) is 0.825. The van der Waals surface area contributed by atoms with Gasteiger partial charge in [0.25, 0.3) is 0 Å². The molecular weight excluding hydrogens is 216 g/mol. The Labute approximate surface area is 102 Å². The molecule has 1 saturated carbocycles. The molecule has 90 valence electrons. The monoisotopic (exact) mass is 238 g/mol. The number of rotatable bonds is 6. The van der Waals surface area contributed by atoms with Crippen molar-refractivity contribution < 1.29 is 0 Å². The second kappa shape index (κ2) is 4.86. The lowest BCUT2D eigenvalue weighted by atomic mass is 9.93. The highest BCUT2D eigenvalue weighted by Crippen LogP contribution is 2.38. The predicted molar refractivity (Wildman–Crippen MR) is 70.6 cm³/mol. The van der Waals surface area contributed by atoms with Crippen molar-refractivity contribution in [2.45, 2.75) is 38.3 Å². The summed E-state index contributed by atoms with van der Waals surface area (Å²) >= 11 is 1.83. The van der Waals surface area contributed by atoms with E-state index in [-0.39, 0.29) is 5.54 Å². The van der Waals surface area contributed by atoms with E-state index in [1.54, 1.807) is 0 Å². The Bertz CT molecular complexity index is 319. The van der Waals surface area contributed by atoms with Crippen molar-refractivity contribution in [1.82, 2.24) is 4.90 Å². The summed E-state index contributed by atoms with van der Waals surface area (Å²) in [5, 5.41) is 2.14. The highest BCUT2D eigenvalue weighted by molar-refractivity contribution is 7.09. The van der Waals surface area contributed by atoms with Crippen molar-refractivity contribution >= 4 is 11.3 Å². The number of thiophene rings is 1. The van der Waals surface area contributed by atoms with Gasteiger partial charge in [-0.05, 0) is 37.8 Å². The maximum atomic E-state index is 5.97. The topological polar surface area (TPSA) is 29.3 Å². The summed E-state index contributed by atoms with van der Waals surface area (Å²) in [4.78, 5) is 3.86. The smallest absolute Gasteiger partial charge is 0.0330 e. The molecule has 1 aliphatic rings. The maximum Gasteiger partial charge on any atom is 0.0330 e. The molecule has 1 aliphatic carbocycles. The molecular formula is C13H22N2S. The molecule has 1 aromatic rings. The van der Waals surface area contributed by atoms with Gasteiger partial charge in [0.15, 0.2) is 0 Å².